The third-order valence-electron chi connectivity index (χ3n) is 5.49. The van der Waals surface area contributed by atoms with Gasteiger partial charge in [-0.05, 0) is 35.6 Å². The molecule has 26 heavy (non-hydrogen) atoms. The second-order valence-corrected chi connectivity index (χ2v) is 7.20. The summed E-state index contributed by atoms with van der Waals surface area (Å²) >= 11 is 0. The molecule has 1 aromatic heterocycles. The smallest absolute Gasteiger partial charge is 0.331 e. The van der Waals surface area contributed by atoms with Crippen molar-refractivity contribution in [2.75, 3.05) is 0 Å². The second-order valence-electron chi connectivity index (χ2n) is 7.20. The molecule has 2 heterocycles. The van der Waals surface area contributed by atoms with Gasteiger partial charge in [0.15, 0.2) is 0 Å². The highest BCUT2D eigenvalue weighted by atomic mass is 16.5. The molecule has 3 atom stereocenters. The van der Waals surface area contributed by atoms with Gasteiger partial charge in [-0.2, -0.15) is 0 Å². The van der Waals surface area contributed by atoms with Crippen molar-refractivity contribution in [3.63, 3.8) is 0 Å². The van der Waals surface area contributed by atoms with Crippen molar-refractivity contribution in [1.29, 1.82) is 0 Å². The molecule has 1 fully saturated rings. The van der Waals surface area contributed by atoms with Crippen LogP contribution < -0.4 is 0 Å². The lowest BCUT2D eigenvalue weighted by atomic mass is 9.63. The molecular weight excluding hydrogens is 328 g/mol. The van der Waals surface area contributed by atoms with Crippen LogP contribution in [0.25, 0.3) is 0 Å². The van der Waals surface area contributed by atoms with E-state index in [-0.39, 0.29) is 23.6 Å². The van der Waals surface area contributed by atoms with Crippen LogP contribution in [0.15, 0.2) is 77.1 Å². The number of carbonyl (C=O) groups excluding carboxylic acids is 1. The molecule has 0 bridgehead atoms. The van der Waals surface area contributed by atoms with E-state index in [0.29, 0.717) is 6.61 Å². The van der Waals surface area contributed by atoms with Gasteiger partial charge < -0.3 is 13.9 Å². The number of carbonyl (C=O) groups is 1. The summed E-state index contributed by atoms with van der Waals surface area (Å²) < 4.78 is 17.0. The summed E-state index contributed by atoms with van der Waals surface area (Å²) in [4.78, 5) is 12.2. The van der Waals surface area contributed by atoms with E-state index in [1.807, 2.05) is 36.4 Å². The molecule has 4 rings (SSSR count). The number of rotatable bonds is 4. The van der Waals surface area contributed by atoms with Gasteiger partial charge >= 0.3 is 5.97 Å². The second kappa shape index (κ2) is 6.61. The fourth-order valence-electron chi connectivity index (χ4n) is 4.02. The predicted octanol–water partition coefficient (Wildman–Crippen LogP) is 4.75. The Morgan fingerprint density at radius 1 is 1.27 bits per heavy atom. The van der Waals surface area contributed by atoms with E-state index in [9.17, 15) is 4.79 Å². The topological polar surface area (TPSA) is 48.7 Å². The average Bonchev–Trinajstić information content (AvgIpc) is 3.17. The van der Waals surface area contributed by atoms with Gasteiger partial charge in [0, 0.05) is 17.1 Å². The standard InChI is InChI=1S/C22H22O4/c1-15-18-12-20(23)26-21(17-9-11-24-14-17)22(18,2)10-8-19(15)25-13-16-6-4-3-5-7-16/h3-7,9,11-12,14,19,21H,1,8,10,13H2,2H3/t19-,21+,22-/m1/s1. The van der Waals surface area contributed by atoms with Crippen molar-refractivity contribution in [3.05, 3.63) is 83.9 Å². The van der Waals surface area contributed by atoms with Crippen LogP contribution in [0.2, 0.25) is 0 Å². The van der Waals surface area contributed by atoms with Crippen molar-refractivity contribution >= 4 is 5.97 Å². The van der Waals surface area contributed by atoms with Gasteiger partial charge in [0.05, 0.1) is 25.2 Å². The lowest BCUT2D eigenvalue weighted by molar-refractivity contribution is -0.153. The molecule has 4 nitrogen and oxygen atoms in total. The number of esters is 1. The summed E-state index contributed by atoms with van der Waals surface area (Å²) in [6, 6.07) is 11.9. The number of ether oxygens (including phenoxy) is 2. The minimum atomic E-state index is -0.361. The summed E-state index contributed by atoms with van der Waals surface area (Å²) in [7, 11) is 0. The minimum Gasteiger partial charge on any atom is -0.472 e. The van der Waals surface area contributed by atoms with Gasteiger partial charge in [-0.15, -0.1) is 0 Å². The Morgan fingerprint density at radius 3 is 2.81 bits per heavy atom. The molecule has 0 N–H and O–H groups in total. The van der Waals surface area contributed by atoms with Crippen LogP contribution in [0, 0.1) is 5.41 Å². The first kappa shape index (κ1) is 16.9. The van der Waals surface area contributed by atoms with Gasteiger partial charge in [-0.25, -0.2) is 4.79 Å². The van der Waals surface area contributed by atoms with Crippen LogP contribution in [0.1, 0.15) is 37.0 Å². The van der Waals surface area contributed by atoms with Crippen LogP contribution in [0.4, 0.5) is 0 Å². The zero-order chi connectivity index (χ0) is 18.1. The SMILES string of the molecule is C=C1C2=CC(=O)O[C@@H](c3ccoc3)[C@]2(C)CC[C@H]1OCc1ccccc1. The van der Waals surface area contributed by atoms with Crippen molar-refractivity contribution in [2.45, 2.75) is 38.6 Å². The van der Waals surface area contributed by atoms with E-state index >= 15 is 0 Å². The molecule has 4 heteroatoms. The summed E-state index contributed by atoms with van der Waals surface area (Å²) in [5.74, 6) is -0.339. The van der Waals surface area contributed by atoms with E-state index in [4.69, 9.17) is 13.9 Å². The quantitative estimate of drug-likeness (QED) is 0.747. The number of fused-ring (bicyclic) bond motifs is 1. The van der Waals surface area contributed by atoms with Gasteiger partial charge in [-0.1, -0.05) is 43.8 Å². The molecule has 1 aromatic carbocycles. The Bertz CT molecular complexity index is 834. The Labute approximate surface area is 153 Å². The Balaban J connectivity index is 1.56. The number of hydrogen-bond donors (Lipinski definition) is 0. The average molecular weight is 350 g/mol. The van der Waals surface area contributed by atoms with Gasteiger partial charge in [0.1, 0.15) is 6.10 Å². The molecule has 0 spiro atoms. The van der Waals surface area contributed by atoms with E-state index in [1.54, 1.807) is 18.6 Å². The molecule has 134 valence electrons. The molecule has 0 unspecified atom stereocenters. The Kier molecular flexibility index (Phi) is 4.29. The predicted molar refractivity (Wildman–Crippen MR) is 97.1 cm³/mol. The summed E-state index contributed by atoms with van der Waals surface area (Å²) in [5, 5.41) is 0. The number of hydrogen-bond acceptors (Lipinski definition) is 4. The molecule has 1 aliphatic carbocycles. The third-order valence-corrected chi connectivity index (χ3v) is 5.49. The van der Waals surface area contributed by atoms with Gasteiger partial charge in [0.2, 0.25) is 0 Å². The highest BCUT2D eigenvalue weighted by Crippen LogP contribution is 2.55. The molecule has 1 saturated carbocycles. The summed E-state index contributed by atoms with van der Waals surface area (Å²) in [6.45, 7) is 6.92. The minimum absolute atomic E-state index is 0.0922. The van der Waals surface area contributed by atoms with Crippen LogP contribution in [-0.2, 0) is 20.9 Å². The van der Waals surface area contributed by atoms with Crippen molar-refractivity contribution in [2.24, 2.45) is 5.41 Å². The van der Waals surface area contributed by atoms with Crippen LogP contribution >= 0.6 is 0 Å². The number of cyclic esters (lactones) is 1. The first-order valence-electron chi connectivity index (χ1n) is 8.87. The van der Waals surface area contributed by atoms with E-state index < -0.39 is 0 Å². The highest BCUT2D eigenvalue weighted by molar-refractivity contribution is 5.86. The fourth-order valence-corrected chi connectivity index (χ4v) is 4.02. The van der Waals surface area contributed by atoms with Gasteiger partial charge in [0.25, 0.3) is 0 Å². The highest BCUT2D eigenvalue weighted by Gasteiger charge is 2.49. The Hall–Kier alpha value is -2.59. The molecule has 1 aliphatic heterocycles. The van der Waals surface area contributed by atoms with Gasteiger partial charge in [-0.3, -0.25) is 0 Å². The molecule has 0 amide bonds. The molecule has 2 aromatic rings. The van der Waals surface area contributed by atoms with Crippen molar-refractivity contribution < 1.29 is 18.7 Å². The maximum atomic E-state index is 12.2. The fraction of sp³-hybridized carbons (Fsp3) is 0.318. The zero-order valence-electron chi connectivity index (χ0n) is 14.8. The summed E-state index contributed by atoms with van der Waals surface area (Å²) in [5.41, 5.74) is 3.50. The lowest BCUT2D eigenvalue weighted by Gasteiger charge is -2.47. The third kappa shape index (κ3) is 2.90. The van der Waals surface area contributed by atoms with E-state index in [2.05, 4.69) is 13.5 Å². The molecular formula is C22H22O4. The largest absolute Gasteiger partial charge is 0.472 e. The maximum Gasteiger partial charge on any atom is 0.331 e. The zero-order valence-corrected chi connectivity index (χ0v) is 14.8. The van der Waals surface area contributed by atoms with E-state index in [1.165, 1.54) is 0 Å². The molecule has 0 radical (unpaired) electrons. The van der Waals surface area contributed by atoms with Crippen molar-refractivity contribution in [3.8, 4) is 0 Å². The first-order valence-corrected chi connectivity index (χ1v) is 8.87. The Morgan fingerprint density at radius 2 is 2.08 bits per heavy atom. The number of furan rings is 1. The maximum absolute atomic E-state index is 12.2. The van der Waals surface area contributed by atoms with E-state index in [0.717, 1.165) is 35.1 Å². The monoisotopic (exact) mass is 350 g/mol. The van der Waals surface area contributed by atoms with Crippen molar-refractivity contribution in [1.82, 2.24) is 0 Å². The van der Waals surface area contributed by atoms with Crippen LogP contribution in [-0.4, -0.2) is 12.1 Å². The summed E-state index contributed by atoms with van der Waals surface area (Å²) in [6.07, 6.45) is 6.06. The first-order chi connectivity index (χ1) is 12.6. The normalized spacial score (nSPS) is 28.3. The molecule has 2 aliphatic rings. The lowest BCUT2D eigenvalue weighted by Crippen LogP contribution is -2.41. The van der Waals surface area contributed by atoms with Crippen LogP contribution in [0.5, 0.6) is 0 Å². The molecule has 0 saturated heterocycles. The van der Waals surface area contributed by atoms with Crippen LogP contribution in [0.3, 0.4) is 0 Å². The number of benzene rings is 1.